The van der Waals surface area contributed by atoms with Gasteiger partial charge in [-0.3, -0.25) is 0 Å². The Morgan fingerprint density at radius 1 is 1.33 bits per heavy atom. The van der Waals surface area contributed by atoms with E-state index in [4.69, 9.17) is 9.47 Å². The summed E-state index contributed by atoms with van der Waals surface area (Å²) in [6.07, 6.45) is 0. The number of epoxide rings is 1. The number of hydrogen-bond donors (Lipinski definition) is 0. The number of ether oxygens (including phenoxy) is 2. The van der Waals surface area contributed by atoms with Crippen molar-refractivity contribution in [1.82, 2.24) is 0 Å². The van der Waals surface area contributed by atoms with Crippen molar-refractivity contribution in [1.29, 1.82) is 0 Å². The highest BCUT2D eigenvalue weighted by Crippen LogP contribution is 2.38. The average Bonchev–Trinajstić information content (AvgIpc) is 2.86. The van der Waals surface area contributed by atoms with Gasteiger partial charge >= 0.3 is 0 Å². The summed E-state index contributed by atoms with van der Waals surface area (Å²) < 4.78 is 10.5. The number of aryl methyl sites for hydroxylation is 1. The van der Waals surface area contributed by atoms with E-state index in [0.717, 1.165) is 5.56 Å². The van der Waals surface area contributed by atoms with Gasteiger partial charge in [-0.25, -0.2) is 0 Å². The average molecular weight is 164 g/mol. The van der Waals surface area contributed by atoms with E-state index in [1.54, 1.807) is 7.11 Å². The van der Waals surface area contributed by atoms with Crippen LogP contribution >= 0.6 is 0 Å². The van der Waals surface area contributed by atoms with E-state index in [0.29, 0.717) is 6.61 Å². The SMILES string of the molecule is COC1(c2ccc(C)cc2)CO1. The Hall–Kier alpha value is -0.860. The molecule has 64 valence electrons. The van der Waals surface area contributed by atoms with E-state index in [-0.39, 0.29) is 0 Å². The second kappa shape index (κ2) is 2.57. The third kappa shape index (κ3) is 1.13. The van der Waals surface area contributed by atoms with Gasteiger partial charge in [0.2, 0.25) is 5.79 Å². The first-order chi connectivity index (χ1) is 5.77. The van der Waals surface area contributed by atoms with E-state index in [9.17, 15) is 0 Å². The topological polar surface area (TPSA) is 21.8 Å². The lowest BCUT2D eigenvalue weighted by Crippen LogP contribution is -2.10. The van der Waals surface area contributed by atoms with Gasteiger partial charge in [0.1, 0.15) is 6.61 Å². The molecule has 2 heteroatoms. The van der Waals surface area contributed by atoms with Crippen molar-refractivity contribution in [3.05, 3.63) is 35.4 Å². The molecule has 0 radical (unpaired) electrons. The Morgan fingerprint density at radius 3 is 2.33 bits per heavy atom. The lowest BCUT2D eigenvalue weighted by atomic mass is 10.1. The molecule has 2 nitrogen and oxygen atoms in total. The zero-order valence-corrected chi connectivity index (χ0v) is 7.33. The standard InChI is InChI=1S/C10H12O2/c1-8-3-5-9(6-4-8)10(11-2)7-12-10/h3-6H,7H2,1-2H3. The van der Waals surface area contributed by atoms with E-state index >= 15 is 0 Å². The molecule has 1 aromatic rings. The third-order valence-electron chi connectivity index (χ3n) is 2.23. The van der Waals surface area contributed by atoms with Crippen LogP contribution in [0.25, 0.3) is 0 Å². The summed E-state index contributed by atoms with van der Waals surface area (Å²) in [6, 6.07) is 8.23. The molecule has 0 amide bonds. The Bertz CT molecular complexity index is 272. The summed E-state index contributed by atoms with van der Waals surface area (Å²) in [6.45, 7) is 2.74. The maximum absolute atomic E-state index is 5.25. The van der Waals surface area contributed by atoms with Crippen LogP contribution < -0.4 is 0 Å². The van der Waals surface area contributed by atoms with E-state index < -0.39 is 5.79 Å². The van der Waals surface area contributed by atoms with Crippen LogP contribution in [0.15, 0.2) is 24.3 Å². The molecule has 1 aliphatic rings. The summed E-state index contributed by atoms with van der Waals surface area (Å²) in [5.74, 6) is -0.423. The predicted molar refractivity (Wildman–Crippen MR) is 45.8 cm³/mol. The quantitative estimate of drug-likeness (QED) is 0.622. The lowest BCUT2D eigenvalue weighted by molar-refractivity contribution is -0.0138. The first-order valence-corrected chi connectivity index (χ1v) is 4.03. The van der Waals surface area contributed by atoms with Gasteiger partial charge in [-0.05, 0) is 6.92 Å². The van der Waals surface area contributed by atoms with Gasteiger partial charge in [-0.1, -0.05) is 29.8 Å². The van der Waals surface area contributed by atoms with Crippen LogP contribution in [-0.4, -0.2) is 13.7 Å². The van der Waals surface area contributed by atoms with Crippen molar-refractivity contribution >= 4 is 0 Å². The lowest BCUT2D eigenvalue weighted by Gasteiger charge is -2.09. The van der Waals surface area contributed by atoms with Gasteiger partial charge < -0.3 is 9.47 Å². The van der Waals surface area contributed by atoms with Crippen LogP contribution in [0.5, 0.6) is 0 Å². The van der Waals surface area contributed by atoms with E-state index in [2.05, 4.69) is 19.1 Å². The zero-order valence-electron chi connectivity index (χ0n) is 7.33. The maximum Gasteiger partial charge on any atom is 0.219 e. The fraction of sp³-hybridized carbons (Fsp3) is 0.400. The van der Waals surface area contributed by atoms with Gasteiger partial charge in [0.15, 0.2) is 0 Å². The highest BCUT2D eigenvalue weighted by Gasteiger charge is 2.47. The zero-order chi connectivity index (χ0) is 8.60. The molecule has 1 aliphatic heterocycles. The van der Waals surface area contributed by atoms with Crippen molar-refractivity contribution in [2.45, 2.75) is 12.7 Å². The van der Waals surface area contributed by atoms with Crippen molar-refractivity contribution in [3.8, 4) is 0 Å². The molecule has 0 N–H and O–H groups in total. The second-order valence-electron chi connectivity index (χ2n) is 3.11. The molecule has 1 saturated heterocycles. The minimum absolute atomic E-state index is 0.423. The molecule has 1 fully saturated rings. The number of hydrogen-bond acceptors (Lipinski definition) is 2. The molecule has 1 aromatic carbocycles. The highest BCUT2D eigenvalue weighted by atomic mass is 16.8. The van der Waals surface area contributed by atoms with Gasteiger partial charge in [0.25, 0.3) is 0 Å². The van der Waals surface area contributed by atoms with Crippen LogP contribution in [0.3, 0.4) is 0 Å². The summed E-state index contributed by atoms with van der Waals surface area (Å²) in [4.78, 5) is 0. The largest absolute Gasteiger partial charge is 0.347 e. The molecule has 0 aliphatic carbocycles. The molecular weight excluding hydrogens is 152 g/mol. The summed E-state index contributed by atoms with van der Waals surface area (Å²) >= 11 is 0. The smallest absolute Gasteiger partial charge is 0.219 e. The van der Waals surface area contributed by atoms with Gasteiger partial charge in [-0.15, -0.1) is 0 Å². The summed E-state index contributed by atoms with van der Waals surface area (Å²) in [5, 5.41) is 0. The Labute approximate surface area is 72.1 Å². The Morgan fingerprint density at radius 2 is 1.92 bits per heavy atom. The fourth-order valence-corrected chi connectivity index (χ4v) is 1.28. The van der Waals surface area contributed by atoms with Gasteiger partial charge in [0, 0.05) is 12.7 Å². The summed E-state index contributed by atoms with van der Waals surface area (Å²) in [7, 11) is 1.67. The van der Waals surface area contributed by atoms with E-state index in [1.807, 2.05) is 12.1 Å². The summed E-state index contributed by atoms with van der Waals surface area (Å²) in [5.41, 5.74) is 2.36. The molecular formula is C10H12O2. The van der Waals surface area contributed by atoms with Crippen molar-refractivity contribution in [3.63, 3.8) is 0 Å². The van der Waals surface area contributed by atoms with Gasteiger partial charge in [-0.2, -0.15) is 0 Å². The minimum Gasteiger partial charge on any atom is -0.347 e. The van der Waals surface area contributed by atoms with Crippen molar-refractivity contribution in [2.75, 3.05) is 13.7 Å². The Kier molecular flexibility index (Phi) is 1.67. The second-order valence-corrected chi connectivity index (χ2v) is 3.11. The first kappa shape index (κ1) is 7.77. The van der Waals surface area contributed by atoms with Crippen LogP contribution in [0.4, 0.5) is 0 Å². The fourth-order valence-electron chi connectivity index (χ4n) is 1.28. The first-order valence-electron chi connectivity index (χ1n) is 4.03. The normalized spacial score (nSPS) is 27.2. The van der Waals surface area contributed by atoms with Crippen LogP contribution in [-0.2, 0) is 15.3 Å². The predicted octanol–water partition coefficient (Wildman–Crippen LogP) is 1.82. The number of benzene rings is 1. The van der Waals surface area contributed by atoms with Gasteiger partial charge in [0.05, 0.1) is 0 Å². The molecule has 0 aromatic heterocycles. The molecule has 1 unspecified atom stereocenters. The van der Waals surface area contributed by atoms with Crippen molar-refractivity contribution < 1.29 is 9.47 Å². The molecule has 1 heterocycles. The molecule has 2 rings (SSSR count). The van der Waals surface area contributed by atoms with Crippen LogP contribution in [0.1, 0.15) is 11.1 Å². The number of rotatable bonds is 2. The number of methoxy groups -OCH3 is 1. The van der Waals surface area contributed by atoms with Crippen LogP contribution in [0.2, 0.25) is 0 Å². The Balaban J connectivity index is 2.29. The molecule has 0 spiro atoms. The molecule has 12 heavy (non-hydrogen) atoms. The monoisotopic (exact) mass is 164 g/mol. The third-order valence-corrected chi connectivity index (χ3v) is 2.23. The highest BCUT2D eigenvalue weighted by molar-refractivity contribution is 5.27. The molecule has 0 bridgehead atoms. The van der Waals surface area contributed by atoms with E-state index in [1.165, 1.54) is 5.56 Å². The maximum atomic E-state index is 5.25. The molecule has 0 saturated carbocycles. The molecule has 1 atom stereocenters. The van der Waals surface area contributed by atoms with Crippen molar-refractivity contribution in [2.24, 2.45) is 0 Å². The van der Waals surface area contributed by atoms with Crippen LogP contribution in [0, 0.1) is 6.92 Å². The minimum atomic E-state index is -0.423.